The first-order valence-corrected chi connectivity index (χ1v) is 4.55. The molecular formula is C10H10ClN3. The highest BCUT2D eigenvalue weighted by Crippen LogP contribution is 2.18. The number of hydrogen-bond acceptors (Lipinski definition) is 1. The molecule has 0 aliphatic heterocycles. The molecule has 3 nitrogen and oxygen atoms in total. The smallest absolute Gasteiger partial charge is 0.0478 e. The van der Waals surface area contributed by atoms with E-state index < -0.39 is 0 Å². The SMILES string of the molecule is Cc1ccc(Cl)c(C=CCN=[N+]=[N-])c1. The summed E-state index contributed by atoms with van der Waals surface area (Å²) in [6.45, 7) is 2.35. The zero-order valence-corrected chi connectivity index (χ0v) is 8.57. The molecule has 14 heavy (non-hydrogen) atoms. The summed E-state index contributed by atoms with van der Waals surface area (Å²) in [4.78, 5) is 2.65. The number of nitrogens with zero attached hydrogens (tertiary/aromatic N) is 3. The maximum absolute atomic E-state index is 8.06. The Labute approximate surface area is 87.6 Å². The van der Waals surface area contributed by atoms with E-state index in [4.69, 9.17) is 17.1 Å². The Morgan fingerprint density at radius 3 is 3.07 bits per heavy atom. The number of halogens is 1. The predicted octanol–water partition coefficient (Wildman–Crippen LogP) is 3.97. The molecule has 0 aliphatic carbocycles. The molecule has 0 bridgehead atoms. The van der Waals surface area contributed by atoms with Crippen molar-refractivity contribution in [2.45, 2.75) is 6.92 Å². The Morgan fingerprint density at radius 2 is 2.36 bits per heavy atom. The van der Waals surface area contributed by atoms with E-state index in [9.17, 15) is 0 Å². The van der Waals surface area contributed by atoms with Gasteiger partial charge in [0.25, 0.3) is 0 Å². The van der Waals surface area contributed by atoms with Gasteiger partial charge in [0, 0.05) is 16.5 Å². The van der Waals surface area contributed by atoms with Crippen LogP contribution in [0.1, 0.15) is 11.1 Å². The van der Waals surface area contributed by atoms with Gasteiger partial charge in [-0.25, -0.2) is 0 Å². The van der Waals surface area contributed by atoms with E-state index in [1.165, 1.54) is 0 Å². The van der Waals surface area contributed by atoms with Crippen LogP contribution < -0.4 is 0 Å². The molecule has 0 amide bonds. The van der Waals surface area contributed by atoms with E-state index >= 15 is 0 Å². The van der Waals surface area contributed by atoms with Gasteiger partial charge in [-0.1, -0.05) is 46.6 Å². The van der Waals surface area contributed by atoms with Crippen LogP contribution in [0.3, 0.4) is 0 Å². The summed E-state index contributed by atoms with van der Waals surface area (Å²) < 4.78 is 0. The highest BCUT2D eigenvalue weighted by molar-refractivity contribution is 6.32. The lowest BCUT2D eigenvalue weighted by Crippen LogP contribution is -1.78. The molecular weight excluding hydrogens is 198 g/mol. The molecule has 4 heteroatoms. The minimum atomic E-state index is 0.348. The molecule has 0 unspecified atom stereocenters. The zero-order chi connectivity index (χ0) is 10.4. The van der Waals surface area contributed by atoms with Crippen LogP contribution in [0, 0.1) is 6.92 Å². The molecule has 0 aliphatic rings. The topological polar surface area (TPSA) is 48.8 Å². The fourth-order valence-corrected chi connectivity index (χ4v) is 1.23. The molecule has 0 saturated carbocycles. The van der Waals surface area contributed by atoms with Crippen LogP contribution >= 0.6 is 11.6 Å². The van der Waals surface area contributed by atoms with Crippen LogP contribution in [-0.2, 0) is 0 Å². The van der Waals surface area contributed by atoms with Crippen molar-refractivity contribution in [3.05, 3.63) is 50.9 Å². The minimum Gasteiger partial charge on any atom is -0.0899 e. The van der Waals surface area contributed by atoms with Crippen molar-refractivity contribution in [1.82, 2.24) is 0 Å². The van der Waals surface area contributed by atoms with Crippen LogP contribution in [0.5, 0.6) is 0 Å². The van der Waals surface area contributed by atoms with E-state index in [1.54, 1.807) is 6.08 Å². The number of aryl methyl sites for hydroxylation is 1. The third-order valence-electron chi connectivity index (χ3n) is 1.70. The Bertz CT molecular complexity index is 392. The van der Waals surface area contributed by atoms with Gasteiger partial charge in [0.1, 0.15) is 0 Å². The summed E-state index contributed by atoms with van der Waals surface area (Å²) in [5.41, 5.74) is 10.2. The van der Waals surface area contributed by atoms with Gasteiger partial charge in [0.05, 0.1) is 0 Å². The molecule has 1 rings (SSSR count). The number of azide groups is 1. The van der Waals surface area contributed by atoms with Gasteiger partial charge in [-0.05, 0) is 24.1 Å². The Morgan fingerprint density at radius 1 is 1.57 bits per heavy atom. The average Bonchev–Trinajstić information content (AvgIpc) is 2.18. The Kier molecular flexibility index (Phi) is 4.05. The van der Waals surface area contributed by atoms with Gasteiger partial charge in [-0.15, -0.1) is 0 Å². The standard InChI is InChI=1S/C10H10ClN3/c1-8-4-5-10(11)9(7-8)3-2-6-13-14-12/h2-5,7H,6H2,1H3. The molecule has 72 valence electrons. The Balaban J connectivity index is 2.79. The van der Waals surface area contributed by atoms with Crippen molar-refractivity contribution in [2.75, 3.05) is 6.54 Å². The number of rotatable bonds is 3. The van der Waals surface area contributed by atoms with Crippen LogP contribution in [0.15, 0.2) is 29.4 Å². The van der Waals surface area contributed by atoms with Crippen LogP contribution in [-0.4, -0.2) is 6.54 Å². The maximum atomic E-state index is 8.06. The monoisotopic (exact) mass is 207 g/mol. The second-order valence-corrected chi connectivity index (χ2v) is 3.25. The molecule has 0 N–H and O–H groups in total. The first-order chi connectivity index (χ1) is 6.74. The number of benzene rings is 1. The lowest BCUT2D eigenvalue weighted by Gasteiger charge is -1.98. The van der Waals surface area contributed by atoms with Gasteiger partial charge >= 0.3 is 0 Å². The van der Waals surface area contributed by atoms with Crippen molar-refractivity contribution in [3.8, 4) is 0 Å². The fourth-order valence-electron chi connectivity index (χ4n) is 1.05. The zero-order valence-electron chi connectivity index (χ0n) is 7.81. The normalized spacial score (nSPS) is 10.1. The van der Waals surface area contributed by atoms with Crippen LogP contribution in [0.2, 0.25) is 5.02 Å². The predicted molar refractivity (Wildman–Crippen MR) is 59.2 cm³/mol. The Hall–Kier alpha value is -1.44. The van der Waals surface area contributed by atoms with Gasteiger partial charge in [-0.3, -0.25) is 0 Å². The molecule has 0 heterocycles. The molecule has 0 atom stereocenters. The summed E-state index contributed by atoms with van der Waals surface area (Å²) in [7, 11) is 0. The first-order valence-electron chi connectivity index (χ1n) is 4.17. The highest BCUT2D eigenvalue weighted by Gasteiger charge is 1.94. The van der Waals surface area contributed by atoms with Gasteiger partial charge in [0.2, 0.25) is 0 Å². The summed E-state index contributed by atoms with van der Waals surface area (Å²) in [6, 6.07) is 5.78. The minimum absolute atomic E-state index is 0.348. The third-order valence-corrected chi connectivity index (χ3v) is 2.04. The van der Waals surface area contributed by atoms with Crippen molar-refractivity contribution >= 4 is 17.7 Å². The van der Waals surface area contributed by atoms with E-state index in [0.717, 1.165) is 11.1 Å². The summed E-state index contributed by atoms with van der Waals surface area (Å²) in [5.74, 6) is 0. The van der Waals surface area contributed by atoms with Crippen molar-refractivity contribution in [3.63, 3.8) is 0 Å². The van der Waals surface area contributed by atoms with Crippen molar-refractivity contribution in [2.24, 2.45) is 5.11 Å². The molecule has 0 radical (unpaired) electrons. The quantitative estimate of drug-likeness (QED) is 0.409. The molecule has 0 spiro atoms. The molecule has 1 aromatic carbocycles. The van der Waals surface area contributed by atoms with E-state index in [-0.39, 0.29) is 0 Å². The summed E-state index contributed by atoms with van der Waals surface area (Å²) in [6.07, 6.45) is 3.63. The van der Waals surface area contributed by atoms with E-state index in [0.29, 0.717) is 11.6 Å². The molecule has 0 saturated heterocycles. The van der Waals surface area contributed by atoms with E-state index in [2.05, 4.69) is 10.0 Å². The fraction of sp³-hybridized carbons (Fsp3) is 0.200. The molecule has 0 fully saturated rings. The van der Waals surface area contributed by atoms with Crippen molar-refractivity contribution in [1.29, 1.82) is 0 Å². The van der Waals surface area contributed by atoms with Crippen molar-refractivity contribution < 1.29 is 0 Å². The summed E-state index contributed by atoms with van der Waals surface area (Å²) in [5, 5.41) is 4.09. The largest absolute Gasteiger partial charge is 0.0899 e. The van der Waals surface area contributed by atoms with Gasteiger partial charge in [-0.2, -0.15) is 0 Å². The number of hydrogen-bond donors (Lipinski definition) is 0. The first kappa shape index (κ1) is 10.6. The lowest BCUT2D eigenvalue weighted by molar-refractivity contribution is 1.22. The third kappa shape index (κ3) is 3.13. The van der Waals surface area contributed by atoms with E-state index in [1.807, 2.05) is 31.2 Å². The highest BCUT2D eigenvalue weighted by atomic mass is 35.5. The summed E-state index contributed by atoms with van der Waals surface area (Å²) >= 11 is 5.95. The average molecular weight is 208 g/mol. The second-order valence-electron chi connectivity index (χ2n) is 2.84. The van der Waals surface area contributed by atoms with Gasteiger partial charge in [0.15, 0.2) is 0 Å². The van der Waals surface area contributed by atoms with Crippen LogP contribution in [0.25, 0.3) is 16.5 Å². The molecule has 1 aromatic rings. The molecule has 0 aromatic heterocycles. The lowest BCUT2D eigenvalue weighted by atomic mass is 10.1. The van der Waals surface area contributed by atoms with Gasteiger partial charge < -0.3 is 0 Å². The second kappa shape index (κ2) is 5.32. The maximum Gasteiger partial charge on any atom is 0.0478 e. The van der Waals surface area contributed by atoms with Crippen LogP contribution in [0.4, 0.5) is 0 Å².